The van der Waals surface area contributed by atoms with Gasteiger partial charge in [0.1, 0.15) is 5.75 Å². The SMILES string of the molecule is CCOc1ccc(NC(=O)N2CCCN(S(=O)(=O)c3cnc[nH]3)CC2)cc1. The summed E-state index contributed by atoms with van der Waals surface area (Å²) in [5.41, 5.74) is 0.662. The summed E-state index contributed by atoms with van der Waals surface area (Å²) >= 11 is 0. The van der Waals surface area contributed by atoms with E-state index in [4.69, 9.17) is 4.74 Å². The van der Waals surface area contributed by atoms with E-state index in [2.05, 4.69) is 15.3 Å². The van der Waals surface area contributed by atoms with Gasteiger partial charge in [-0.2, -0.15) is 4.31 Å². The summed E-state index contributed by atoms with van der Waals surface area (Å²) in [4.78, 5) is 20.5. The molecule has 146 valence electrons. The van der Waals surface area contributed by atoms with E-state index in [1.165, 1.54) is 16.8 Å². The first kappa shape index (κ1) is 19.2. The molecule has 0 atom stereocenters. The summed E-state index contributed by atoms with van der Waals surface area (Å²) in [6.45, 7) is 3.88. The molecule has 1 saturated heterocycles. The summed E-state index contributed by atoms with van der Waals surface area (Å²) in [7, 11) is -3.62. The molecule has 27 heavy (non-hydrogen) atoms. The number of rotatable bonds is 5. The van der Waals surface area contributed by atoms with Crippen LogP contribution in [0.1, 0.15) is 13.3 Å². The lowest BCUT2D eigenvalue weighted by atomic mass is 10.3. The number of nitrogens with zero attached hydrogens (tertiary/aromatic N) is 3. The Balaban J connectivity index is 1.59. The molecule has 1 fully saturated rings. The highest BCUT2D eigenvalue weighted by Gasteiger charge is 2.29. The van der Waals surface area contributed by atoms with Crippen LogP contribution in [0.5, 0.6) is 5.75 Å². The van der Waals surface area contributed by atoms with Gasteiger partial charge in [-0.25, -0.2) is 18.2 Å². The minimum atomic E-state index is -3.62. The van der Waals surface area contributed by atoms with E-state index in [0.29, 0.717) is 38.3 Å². The van der Waals surface area contributed by atoms with Crippen LogP contribution in [0.3, 0.4) is 0 Å². The number of nitrogens with one attached hydrogen (secondary N) is 2. The van der Waals surface area contributed by atoms with E-state index in [1.54, 1.807) is 29.2 Å². The van der Waals surface area contributed by atoms with Crippen molar-refractivity contribution in [3.05, 3.63) is 36.8 Å². The molecule has 2 aromatic rings. The first-order valence-corrected chi connectivity index (χ1v) is 10.2. The Kier molecular flexibility index (Phi) is 5.97. The Bertz CT molecular complexity index is 852. The van der Waals surface area contributed by atoms with Gasteiger partial charge in [0, 0.05) is 31.9 Å². The summed E-state index contributed by atoms with van der Waals surface area (Å²) in [5, 5.41) is 2.90. The van der Waals surface area contributed by atoms with Gasteiger partial charge in [0.25, 0.3) is 10.0 Å². The molecule has 0 spiro atoms. The van der Waals surface area contributed by atoms with Gasteiger partial charge in [-0.15, -0.1) is 0 Å². The third-order valence-electron chi connectivity index (χ3n) is 4.25. The van der Waals surface area contributed by atoms with E-state index in [1.807, 2.05) is 6.92 Å². The van der Waals surface area contributed by atoms with Crippen LogP contribution in [-0.2, 0) is 10.0 Å². The zero-order valence-electron chi connectivity index (χ0n) is 15.1. The topological polar surface area (TPSA) is 108 Å². The van der Waals surface area contributed by atoms with Crippen molar-refractivity contribution in [1.82, 2.24) is 19.2 Å². The van der Waals surface area contributed by atoms with Gasteiger partial charge < -0.3 is 19.9 Å². The molecule has 1 aromatic carbocycles. The molecule has 0 saturated carbocycles. The summed E-state index contributed by atoms with van der Waals surface area (Å²) in [5.74, 6) is 0.741. The number of anilines is 1. The van der Waals surface area contributed by atoms with Crippen LogP contribution in [0.25, 0.3) is 0 Å². The number of carbonyl (C=O) groups excluding carboxylic acids is 1. The Morgan fingerprint density at radius 2 is 2.00 bits per heavy atom. The summed E-state index contributed by atoms with van der Waals surface area (Å²) in [6.07, 6.45) is 3.18. The first-order chi connectivity index (χ1) is 13.0. The molecular weight excluding hydrogens is 370 g/mol. The molecule has 0 unspecified atom stereocenters. The lowest BCUT2D eigenvalue weighted by molar-refractivity contribution is 0.214. The van der Waals surface area contributed by atoms with Gasteiger partial charge in [-0.05, 0) is 37.6 Å². The molecule has 9 nitrogen and oxygen atoms in total. The first-order valence-electron chi connectivity index (χ1n) is 8.78. The van der Waals surface area contributed by atoms with Crippen molar-refractivity contribution in [2.75, 3.05) is 38.1 Å². The molecule has 0 bridgehead atoms. The highest BCUT2D eigenvalue weighted by molar-refractivity contribution is 7.89. The van der Waals surface area contributed by atoms with Gasteiger partial charge in [-0.1, -0.05) is 0 Å². The average Bonchev–Trinajstić information content (AvgIpc) is 3.08. The summed E-state index contributed by atoms with van der Waals surface area (Å²) < 4.78 is 31.9. The third kappa shape index (κ3) is 4.58. The fourth-order valence-electron chi connectivity index (χ4n) is 2.86. The highest BCUT2D eigenvalue weighted by atomic mass is 32.2. The number of ether oxygens (including phenoxy) is 1. The molecule has 0 radical (unpaired) electrons. The Morgan fingerprint density at radius 1 is 1.22 bits per heavy atom. The summed E-state index contributed by atoms with van der Waals surface area (Å²) in [6, 6.07) is 6.88. The van der Waals surface area contributed by atoms with Crippen molar-refractivity contribution in [3.63, 3.8) is 0 Å². The monoisotopic (exact) mass is 393 g/mol. The fraction of sp³-hybridized carbons (Fsp3) is 0.412. The molecule has 1 aliphatic rings. The van der Waals surface area contributed by atoms with E-state index >= 15 is 0 Å². The lowest BCUT2D eigenvalue weighted by Crippen LogP contribution is -2.39. The number of carbonyl (C=O) groups is 1. The van der Waals surface area contributed by atoms with Crippen LogP contribution in [0.15, 0.2) is 41.8 Å². The van der Waals surface area contributed by atoms with Crippen molar-refractivity contribution in [2.45, 2.75) is 18.4 Å². The predicted molar refractivity (Wildman–Crippen MR) is 100 cm³/mol. The van der Waals surface area contributed by atoms with Crippen LogP contribution >= 0.6 is 0 Å². The number of H-pyrrole nitrogens is 1. The van der Waals surface area contributed by atoms with E-state index in [0.717, 1.165) is 5.75 Å². The van der Waals surface area contributed by atoms with Crippen LogP contribution in [-0.4, -0.2) is 66.4 Å². The fourth-order valence-corrected chi connectivity index (χ4v) is 4.23. The number of benzene rings is 1. The molecular formula is C17H23N5O4S. The zero-order valence-corrected chi connectivity index (χ0v) is 15.9. The Labute approximate surface area is 158 Å². The normalized spacial score (nSPS) is 16.0. The van der Waals surface area contributed by atoms with E-state index in [9.17, 15) is 13.2 Å². The number of hydrogen-bond acceptors (Lipinski definition) is 5. The standard InChI is InChI=1S/C17H23N5O4S/c1-2-26-15-6-4-14(5-7-15)20-17(23)21-8-3-9-22(11-10-21)27(24,25)16-12-18-13-19-16/h4-7,12-13H,2-3,8-11H2,1H3,(H,18,19)(H,20,23). The quantitative estimate of drug-likeness (QED) is 0.804. The second-order valence-corrected chi connectivity index (χ2v) is 7.95. The lowest BCUT2D eigenvalue weighted by Gasteiger charge is -2.22. The number of aromatic nitrogens is 2. The number of hydrogen-bond donors (Lipinski definition) is 2. The van der Waals surface area contributed by atoms with Gasteiger partial charge in [0.15, 0.2) is 5.03 Å². The van der Waals surface area contributed by atoms with Gasteiger partial charge in [0.05, 0.1) is 19.1 Å². The highest BCUT2D eigenvalue weighted by Crippen LogP contribution is 2.18. The molecule has 1 aromatic heterocycles. The van der Waals surface area contributed by atoms with Crippen molar-refractivity contribution < 1.29 is 17.9 Å². The minimum absolute atomic E-state index is 0.0646. The van der Waals surface area contributed by atoms with Crippen LogP contribution in [0.2, 0.25) is 0 Å². The molecule has 3 rings (SSSR count). The Hall–Kier alpha value is -2.59. The average molecular weight is 393 g/mol. The van der Waals surface area contributed by atoms with Gasteiger partial charge in [-0.3, -0.25) is 0 Å². The van der Waals surface area contributed by atoms with Crippen LogP contribution in [0.4, 0.5) is 10.5 Å². The molecule has 1 aliphatic heterocycles. The minimum Gasteiger partial charge on any atom is -0.494 e. The maximum Gasteiger partial charge on any atom is 0.321 e. The van der Waals surface area contributed by atoms with Crippen molar-refractivity contribution >= 4 is 21.7 Å². The van der Waals surface area contributed by atoms with E-state index in [-0.39, 0.29) is 17.6 Å². The Morgan fingerprint density at radius 3 is 2.67 bits per heavy atom. The van der Waals surface area contributed by atoms with E-state index < -0.39 is 10.0 Å². The molecule has 2 heterocycles. The maximum atomic E-state index is 12.6. The van der Waals surface area contributed by atoms with Gasteiger partial charge in [0.2, 0.25) is 0 Å². The third-order valence-corrected chi connectivity index (χ3v) is 6.07. The number of aromatic amines is 1. The smallest absolute Gasteiger partial charge is 0.321 e. The largest absolute Gasteiger partial charge is 0.494 e. The molecule has 10 heteroatoms. The second kappa shape index (κ2) is 8.40. The zero-order chi connectivity index (χ0) is 19.3. The number of imidazole rings is 1. The molecule has 2 N–H and O–H groups in total. The predicted octanol–water partition coefficient (Wildman–Crippen LogP) is 1.74. The molecule has 0 aliphatic carbocycles. The van der Waals surface area contributed by atoms with Crippen LogP contribution in [0, 0.1) is 0 Å². The number of urea groups is 1. The molecule has 2 amide bonds. The number of sulfonamides is 1. The number of amides is 2. The second-order valence-electron chi connectivity index (χ2n) is 6.05. The van der Waals surface area contributed by atoms with Crippen molar-refractivity contribution in [1.29, 1.82) is 0 Å². The van der Waals surface area contributed by atoms with Crippen LogP contribution < -0.4 is 10.1 Å². The van der Waals surface area contributed by atoms with Gasteiger partial charge >= 0.3 is 6.03 Å². The van der Waals surface area contributed by atoms with Crippen molar-refractivity contribution in [3.8, 4) is 5.75 Å². The van der Waals surface area contributed by atoms with Crippen molar-refractivity contribution in [2.24, 2.45) is 0 Å². The maximum absolute atomic E-state index is 12.6.